The summed E-state index contributed by atoms with van der Waals surface area (Å²) in [5.41, 5.74) is 1.82. The average Bonchev–Trinajstić information content (AvgIpc) is 2.96. The Morgan fingerprint density at radius 2 is 2.00 bits per heavy atom. The zero-order valence-corrected chi connectivity index (χ0v) is 14.1. The lowest BCUT2D eigenvalue weighted by atomic mass is 9.82. The van der Waals surface area contributed by atoms with Crippen molar-refractivity contribution < 1.29 is 9.53 Å². The van der Waals surface area contributed by atoms with Crippen LogP contribution in [0.4, 0.5) is 9.93 Å². The van der Waals surface area contributed by atoms with E-state index < -0.39 is 0 Å². The predicted octanol–water partition coefficient (Wildman–Crippen LogP) is 3.62. The summed E-state index contributed by atoms with van der Waals surface area (Å²) in [6.45, 7) is 6.68. The van der Waals surface area contributed by atoms with Crippen LogP contribution in [-0.2, 0) is 5.41 Å². The first kappa shape index (κ1) is 16.3. The Bertz CT molecular complexity index is 635. The molecule has 1 aromatic heterocycles. The molecular weight excluding hydrogens is 298 g/mol. The van der Waals surface area contributed by atoms with Crippen molar-refractivity contribution in [2.45, 2.75) is 26.2 Å². The number of amides is 2. The molecule has 5 nitrogen and oxygen atoms in total. The molecule has 0 saturated heterocycles. The third-order valence-corrected chi connectivity index (χ3v) is 4.27. The molecule has 0 aliphatic carbocycles. The van der Waals surface area contributed by atoms with E-state index in [4.69, 9.17) is 4.74 Å². The second-order valence-corrected chi connectivity index (χ2v) is 6.23. The number of hydrogen-bond acceptors (Lipinski definition) is 4. The fraction of sp³-hybridized carbons (Fsp3) is 0.375. The number of benzene rings is 1. The fourth-order valence-corrected chi connectivity index (χ4v) is 2.95. The molecule has 2 amide bonds. The molecule has 2 rings (SSSR count). The minimum absolute atomic E-state index is 0.231. The monoisotopic (exact) mass is 319 g/mol. The number of aromatic nitrogens is 1. The predicted molar refractivity (Wildman–Crippen MR) is 89.9 cm³/mol. The van der Waals surface area contributed by atoms with E-state index in [2.05, 4.69) is 29.5 Å². The van der Waals surface area contributed by atoms with Crippen molar-refractivity contribution in [1.82, 2.24) is 10.3 Å². The first-order chi connectivity index (χ1) is 10.5. The van der Waals surface area contributed by atoms with Crippen LogP contribution < -0.4 is 15.4 Å². The molecule has 22 heavy (non-hydrogen) atoms. The van der Waals surface area contributed by atoms with Gasteiger partial charge in [-0.3, -0.25) is 5.32 Å². The summed E-state index contributed by atoms with van der Waals surface area (Å²) in [5.74, 6) is 0.830. The van der Waals surface area contributed by atoms with Gasteiger partial charge in [0.1, 0.15) is 5.75 Å². The Morgan fingerprint density at radius 1 is 1.32 bits per heavy atom. The van der Waals surface area contributed by atoms with Gasteiger partial charge in [-0.25, -0.2) is 9.78 Å². The Hall–Kier alpha value is -2.08. The lowest BCUT2D eigenvalue weighted by Crippen LogP contribution is -2.28. The van der Waals surface area contributed by atoms with Crippen LogP contribution in [0.1, 0.15) is 32.0 Å². The summed E-state index contributed by atoms with van der Waals surface area (Å²) in [7, 11) is 1.65. The van der Waals surface area contributed by atoms with Gasteiger partial charge >= 0.3 is 6.03 Å². The molecule has 0 bridgehead atoms. The number of hydrogen-bond donors (Lipinski definition) is 2. The van der Waals surface area contributed by atoms with Crippen molar-refractivity contribution in [2.24, 2.45) is 0 Å². The molecule has 0 saturated carbocycles. The van der Waals surface area contributed by atoms with Crippen LogP contribution in [0.25, 0.3) is 0 Å². The van der Waals surface area contributed by atoms with Gasteiger partial charge in [0.15, 0.2) is 5.13 Å². The normalized spacial score (nSPS) is 11.1. The van der Waals surface area contributed by atoms with Gasteiger partial charge < -0.3 is 10.1 Å². The van der Waals surface area contributed by atoms with Gasteiger partial charge in [0.25, 0.3) is 0 Å². The third kappa shape index (κ3) is 3.57. The van der Waals surface area contributed by atoms with Crippen molar-refractivity contribution in [2.75, 3.05) is 19.0 Å². The second-order valence-electron chi connectivity index (χ2n) is 5.38. The summed E-state index contributed by atoms with van der Waals surface area (Å²) in [4.78, 5) is 16.1. The standard InChI is InChI=1S/C16H21N3O2S/c1-5-17-14(20)19-15-18-13(10-22-15)16(2,3)11-6-8-12(21-4)9-7-11/h6-10H,5H2,1-4H3,(H2,17,18,19,20). The van der Waals surface area contributed by atoms with E-state index in [1.165, 1.54) is 11.3 Å². The highest BCUT2D eigenvalue weighted by atomic mass is 32.1. The average molecular weight is 319 g/mol. The number of urea groups is 1. The van der Waals surface area contributed by atoms with Crippen LogP contribution in [0.2, 0.25) is 0 Å². The Kier molecular flexibility index (Phi) is 5.03. The van der Waals surface area contributed by atoms with E-state index in [9.17, 15) is 4.79 Å². The van der Waals surface area contributed by atoms with E-state index in [0.717, 1.165) is 17.0 Å². The summed E-state index contributed by atoms with van der Waals surface area (Å²) in [6.07, 6.45) is 0. The maximum atomic E-state index is 11.5. The number of thiazole rings is 1. The molecule has 0 fully saturated rings. The third-order valence-electron chi connectivity index (χ3n) is 3.51. The van der Waals surface area contributed by atoms with E-state index >= 15 is 0 Å². The minimum Gasteiger partial charge on any atom is -0.497 e. The van der Waals surface area contributed by atoms with Crippen molar-refractivity contribution in [3.8, 4) is 5.75 Å². The largest absolute Gasteiger partial charge is 0.497 e. The number of carbonyl (C=O) groups is 1. The van der Waals surface area contributed by atoms with Crippen LogP contribution in [0.15, 0.2) is 29.6 Å². The number of nitrogens with one attached hydrogen (secondary N) is 2. The number of anilines is 1. The highest BCUT2D eigenvalue weighted by molar-refractivity contribution is 7.13. The van der Waals surface area contributed by atoms with Crippen molar-refractivity contribution in [3.63, 3.8) is 0 Å². The zero-order chi connectivity index (χ0) is 16.2. The van der Waals surface area contributed by atoms with Gasteiger partial charge in [-0.1, -0.05) is 26.0 Å². The Labute approximate surface area is 134 Å². The van der Waals surface area contributed by atoms with Crippen LogP contribution in [0.5, 0.6) is 5.75 Å². The van der Waals surface area contributed by atoms with Gasteiger partial charge in [0.05, 0.1) is 12.8 Å². The Balaban J connectivity index is 2.18. The maximum absolute atomic E-state index is 11.5. The summed E-state index contributed by atoms with van der Waals surface area (Å²) in [6, 6.07) is 7.73. The smallest absolute Gasteiger partial charge is 0.321 e. The van der Waals surface area contributed by atoms with E-state index in [-0.39, 0.29) is 11.4 Å². The molecule has 0 aliphatic rings. The number of nitrogens with zero attached hydrogens (tertiary/aromatic N) is 1. The maximum Gasteiger partial charge on any atom is 0.321 e. The molecule has 0 radical (unpaired) electrons. The van der Waals surface area contributed by atoms with Crippen LogP contribution >= 0.6 is 11.3 Å². The topological polar surface area (TPSA) is 63.2 Å². The summed E-state index contributed by atoms with van der Waals surface area (Å²) < 4.78 is 5.19. The summed E-state index contributed by atoms with van der Waals surface area (Å²) >= 11 is 1.43. The van der Waals surface area contributed by atoms with Crippen LogP contribution in [-0.4, -0.2) is 24.7 Å². The van der Waals surface area contributed by atoms with Crippen molar-refractivity contribution in [3.05, 3.63) is 40.9 Å². The van der Waals surface area contributed by atoms with Crippen molar-refractivity contribution >= 4 is 22.5 Å². The van der Waals surface area contributed by atoms with E-state index in [1.54, 1.807) is 7.11 Å². The van der Waals surface area contributed by atoms with Crippen LogP contribution in [0, 0.1) is 0 Å². The minimum atomic E-state index is -0.246. The van der Waals surface area contributed by atoms with Gasteiger partial charge in [0.2, 0.25) is 0 Å². The molecular formula is C16H21N3O2S. The van der Waals surface area contributed by atoms with Gasteiger partial charge in [-0.05, 0) is 24.6 Å². The van der Waals surface area contributed by atoms with E-state index in [1.807, 2.05) is 36.6 Å². The molecule has 2 N–H and O–H groups in total. The molecule has 0 aliphatic heterocycles. The molecule has 118 valence electrons. The number of rotatable bonds is 5. The number of ether oxygens (including phenoxy) is 1. The second kappa shape index (κ2) is 6.79. The quantitative estimate of drug-likeness (QED) is 0.885. The first-order valence-corrected chi connectivity index (χ1v) is 8.00. The zero-order valence-electron chi connectivity index (χ0n) is 13.3. The van der Waals surface area contributed by atoms with Gasteiger partial charge in [0, 0.05) is 17.3 Å². The molecule has 0 atom stereocenters. The SMILES string of the molecule is CCNC(=O)Nc1nc(C(C)(C)c2ccc(OC)cc2)cs1. The molecule has 6 heteroatoms. The Morgan fingerprint density at radius 3 is 2.59 bits per heavy atom. The van der Waals surface area contributed by atoms with Crippen LogP contribution in [0.3, 0.4) is 0 Å². The first-order valence-electron chi connectivity index (χ1n) is 7.12. The molecule has 0 spiro atoms. The highest BCUT2D eigenvalue weighted by Crippen LogP contribution is 2.34. The number of carbonyl (C=O) groups excluding carboxylic acids is 1. The van der Waals surface area contributed by atoms with Gasteiger partial charge in [-0.15, -0.1) is 11.3 Å². The van der Waals surface area contributed by atoms with Crippen molar-refractivity contribution in [1.29, 1.82) is 0 Å². The molecule has 2 aromatic rings. The fourth-order valence-electron chi connectivity index (χ4n) is 2.08. The summed E-state index contributed by atoms with van der Waals surface area (Å²) in [5, 5.41) is 8.01. The lowest BCUT2D eigenvalue weighted by molar-refractivity contribution is 0.252. The molecule has 1 aromatic carbocycles. The molecule has 0 unspecified atom stereocenters. The lowest BCUT2D eigenvalue weighted by Gasteiger charge is -2.23. The number of methoxy groups -OCH3 is 1. The highest BCUT2D eigenvalue weighted by Gasteiger charge is 2.26. The molecule has 1 heterocycles. The van der Waals surface area contributed by atoms with Gasteiger partial charge in [-0.2, -0.15) is 0 Å². The van der Waals surface area contributed by atoms with E-state index in [0.29, 0.717) is 11.7 Å².